The minimum atomic E-state index is -1.09. The maximum Gasteiger partial charge on any atom is 0.407 e. The smallest absolute Gasteiger partial charge is 0.407 e. The van der Waals surface area contributed by atoms with Crippen LogP contribution in [-0.2, 0) is 14.3 Å². The molecule has 7 nitrogen and oxygen atoms in total. The van der Waals surface area contributed by atoms with Crippen molar-refractivity contribution in [2.75, 3.05) is 6.61 Å². The highest BCUT2D eigenvalue weighted by Gasteiger charge is 2.31. The van der Waals surface area contributed by atoms with Gasteiger partial charge in [-0.25, -0.2) is 4.79 Å². The van der Waals surface area contributed by atoms with Gasteiger partial charge in [0, 0.05) is 18.4 Å². The van der Waals surface area contributed by atoms with Gasteiger partial charge >= 0.3 is 12.1 Å². The van der Waals surface area contributed by atoms with Crippen molar-refractivity contribution in [3.05, 3.63) is 59.7 Å². The molecule has 2 aromatic carbocycles. The molecule has 4 rings (SSSR count). The molecule has 1 unspecified atom stereocenters. The molecule has 1 saturated carbocycles. The standard InChI is InChI=1S/C27H32N2O5/c1-17(26(31)32)28-25(30)15-24(18-9-3-2-4-10-18)29-27(33)34-16-23-21-13-7-5-11-19(21)20-12-6-8-14-22(20)23/h5-8,11-14,17-18,23-24H,2-4,9-10,15-16H2,1H3,(H,28,30)(H,29,33)(H,31,32)/t17-,24?/m1/s1. The maximum absolute atomic E-state index is 12.8. The second-order valence-electron chi connectivity index (χ2n) is 9.31. The zero-order valence-electron chi connectivity index (χ0n) is 19.5. The normalized spacial score (nSPS) is 17.2. The maximum atomic E-state index is 12.8. The lowest BCUT2D eigenvalue weighted by Crippen LogP contribution is -2.47. The molecule has 34 heavy (non-hydrogen) atoms. The summed E-state index contributed by atoms with van der Waals surface area (Å²) in [7, 11) is 0. The number of carbonyl (C=O) groups excluding carboxylic acids is 2. The summed E-state index contributed by atoms with van der Waals surface area (Å²) in [4.78, 5) is 36.4. The number of ether oxygens (including phenoxy) is 1. The molecule has 0 aliphatic heterocycles. The van der Waals surface area contributed by atoms with Crippen LogP contribution in [0.3, 0.4) is 0 Å². The second-order valence-corrected chi connectivity index (χ2v) is 9.31. The highest BCUT2D eigenvalue weighted by molar-refractivity contribution is 5.84. The van der Waals surface area contributed by atoms with Crippen molar-refractivity contribution in [2.45, 2.75) is 63.5 Å². The van der Waals surface area contributed by atoms with Gasteiger partial charge in [0.05, 0.1) is 0 Å². The number of nitrogens with one attached hydrogen (secondary N) is 2. The van der Waals surface area contributed by atoms with Crippen molar-refractivity contribution in [3.8, 4) is 11.1 Å². The van der Waals surface area contributed by atoms with Gasteiger partial charge in [0.25, 0.3) is 0 Å². The Morgan fingerprint density at radius 1 is 0.941 bits per heavy atom. The molecule has 0 bridgehead atoms. The third-order valence-corrected chi connectivity index (χ3v) is 7.02. The van der Waals surface area contributed by atoms with Gasteiger partial charge in [0.1, 0.15) is 12.6 Å². The van der Waals surface area contributed by atoms with E-state index in [1.54, 1.807) is 0 Å². The first kappa shape index (κ1) is 23.8. The Morgan fingerprint density at radius 3 is 2.12 bits per heavy atom. The van der Waals surface area contributed by atoms with Crippen LogP contribution >= 0.6 is 0 Å². The number of amides is 2. The van der Waals surface area contributed by atoms with Crippen molar-refractivity contribution in [2.24, 2.45) is 5.92 Å². The molecule has 0 heterocycles. The first-order chi connectivity index (χ1) is 16.4. The van der Waals surface area contributed by atoms with Crippen LogP contribution in [0.1, 0.15) is 62.5 Å². The lowest BCUT2D eigenvalue weighted by molar-refractivity contribution is -0.141. The van der Waals surface area contributed by atoms with Gasteiger partial charge in [-0.1, -0.05) is 67.8 Å². The van der Waals surface area contributed by atoms with Gasteiger partial charge in [0.2, 0.25) is 5.91 Å². The van der Waals surface area contributed by atoms with E-state index in [-0.39, 0.29) is 30.8 Å². The predicted octanol–water partition coefficient (Wildman–Crippen LogP) is 4.45. The van der Waals surface area contributed by atoms with Crippen molar-refractivity contribution >= 4 is 18.0 Å². The summed E-state index contributed by atoms with van der Waals surface area (Å²) >= 11 is 0. The topological polar surface area (TPSA) is 105 Å². The van der Waals surface area contributed by atoms with Gasteiger partial charge in [-0.2, -0.15) is 0 Å². The summed E-state index contributed by atoms with van der Waals surface area (Å²) in [6, 6.07) is 15.0. The van der Waals surface area contributed by atoms with E-state index in [2.05, 4.69) is 34.9 Å². The fourth-order valence-electron chi connectivity index (χ4n) is 5.23. The first-order valence-electron chi connectivity index (χ1n) is 12.1. The molecule has 180 valence electrons. The Balaban J connectivity index is 1.41. The van der Waals surface area contributed by atoms with E-state index < -0.39 is 24.1 Å². The molecule has 2 aliphatic rings. The van der Waals surface area contributed by atoms with E-state index in [1.807, 2.05) is 24.3 Å². The minimum absolute atomic E-state index is 0.0342. The van der Waals surface area contributed by atoms with Crippen LogP contribution in [0.2, 0.25) is 0 Å². The van der Waals surface area contributed by atoms with Crippen LogP contribution < -0.4 is 10.6 Å². The van der Waals surface area contributed by atoms with Crippen LogP contribution in [-0.4, -0.2) is 41.8 Å². The lowest BCUT2D eigenvalue weighted by atomic mass is 9.82. The molecule has 2 amide bonds. The monoisotopic (exact) mass is 464 g/mol. The van der Waals surface area contributed by atoms with Crippen molar-refractivity contribution in [3.63, 3.8) is 0 Å². The number of carbonyl (C=O) groups is 3. The quantitative estimate of drug-likeness (QED) is 0.535. The average molecular weight is 465 g/mol. The fraction of sp³-hybridized carbons (Fsp3) is 0.444. The molecule has 2 atom stereocenters. The van der Waals surface area contributed by atoms with Crippen LogP contribution in [0.15, 0.2) is 48.5 Å². The molecule has 3 N–H and O–H groups in total. The van der Waals surface area contributed by atoms with E-state index in [0.29, 0.717) is 0 Å². The summed E-state index contributed by atoms with van der Waals surface area (Å²) in [6.07, 6.45) is 4.60. The first-order valence-corrected chi connectivity index (χ1v) is 12.1. The van der Waals surface area contributed by atoms with Gasteiger partial charge in [-0.05, 0) is 47.9 Å². The molecule has 0 spiro atoms. The highest BCUT2D eigenvalue weighted by atomic mass is 16.5. The van der Waals surface area contributed by atoms with E-state index in [9.17, 15) is 14.4 Å². The number of carboxylic acid groups (broad SMARTS) is 1. The Morgan fingerprint density at radius 2 is 1.53 bits per heavy atom. The van der Waals surface area contributed by atoms with Crippen LogP contribution in [0, 0.1) is 5.92 Å². The molecule has 0 radical (unpaired) electrons. The molecule has 2 aliphatic carbocycles. The Kier molecular flexibility index (Phi) is 7.50. The van der Waals surface area contributed by atoms with Gasteiger partial charge in [-0.15, -0.1) is 0 Å². The van der Waals surface area contributed by atoms with Crippen molar-refractivity contribution < 1.29 is 24.2 Å². The zero-order chi connectivity index (χ0) is 24.1. The lowest BCUT2D eigenvalue weighted by Gasteiger charge is -2.30. The molecule has 1 fully saturated rings. The number of benzene rings is 2. The number of aliphatic carboxylic acids is 1. The highest BCUT2D eigenvalue weighted by Crippen LogP contribution is 2.44. The minimum Gasteiger partial charge on any atom is -0.480 e. The summed E-state index contributed by atoms with van der Waals surface area (Å²) < 4.78 is 5.69. The molecular formula is C27H32N2O5. The third kappa shape index (κ3) is 5.41. The second kappa shape index (κ2) is 10.7. The SMILES string of the molecule is C[C@@H](NC(=O)CC(NC(=O)OCC1c2ccccc2-c2ccccc21)C1CCCCC1)C(=O)O. The Hall–Kier alpha value is -3.35. The van der Waals surface area contributed by atoms with Gasteiger partial charge < -0.3 is 20.5 Å². The van der Waals surface area contributed by atoms with Crippen molar-refractivity contribution in [1.29, 1.82) is 0 Å². The van der Waals surface area contributed by atoms with E-state index >= 15 is 0 Å². The number of fused-ring (bicyclic) bond motifs is 3. The van der Waals surface area contributed by atoms with E-state index in [0.717, 1.165) is 54.4 Å². The number of hydrogen-bond acceptors (Lipinski definition) is 4. The molecule has 0 aromatic heterocycles. The number of alkyl carbamates (subject to hydrolysis) is 1. The van der Waals surface area contributed by atoms with Gasteiger partial charge in [0.15, 0.2) is 0 Å². The zero-order valence-corrected chi connectivity index (χ0v) is 19.5. The van der Waals surface area contributed by atoms with Crippen LogP contribution in [0.25, 0.3) is 11.1 Å². The van der Waals surface area contributed by atoms with Crippen LogP contribution in [0.5, 0.6) is 0 Å². The number of rotatable bonds is 8. The predicted molar refractivity (Wildman–Crippen MR) is 128 cm³/mol. The average Bonchev–Trinajstić information content (AvgIpc) is 3.16. The third-order valence-electron chi connectivity index (χ3n) is 7.02. The number of hydrogen-bond donors (Lipinski definition) is 3. The van der Waals surface area contributed by atoms with Gasteiger partial charge in [-0.3, -0.25) is 9.59 Å². The summed E-state index contributed by atoms with van der Waals surface area (Å²) in [5.74, 6) is -1.34. The molecule has 0 saturated heterocycles. The molecular weight excluding hydrogens is 432 g/mol. The number of carboxylic acids is 1. The molecule has 2 aromatic rings. The Labute approximate surface area is 199 Å². The summed E-state index contributed by atoms with van der Waals surface area (Å²) in [6.45, 7) is 1.63. The largest absolute Gasteiger partial charge is 0.480 e. The van der Waals surface area contributed by atoms with E-state index in [1.165, 1.54) is 6.92 Å². The Bertz CT molecular complexity index is 1000. The van der Waals surface area contributed by atoms with E-state index in [4.69, 9.17) is 9.84 Å². The fourth-order valence-corrected chi connectivity index (χ4v) is 5.23. The summed E-state index contributed by atoms with van der Waals surface area (Å²) in [5.41, 5.74) is 4.61. The van der Waals surface area contributed by atoms with Crippen molar-refractivity contribution in [1.82, 2.24) is 10.6 Å². The van der Waals surface area contributed by atoms with Crippen LogP contribution in [0.4, 0.5) is 4.79 Å². The molecule has 7 heteroatoms. The summed E-state index contributed by atoms with van der Waals surface area (Å²) in [5, 5.41) is 14.5.